The number of nitrogens with zero attached hydrogens (tertiary/aromatic N) is 2. The lowest BCUT2D eigenvalue weighted by Crippen LogP contribution is -2.46. The molecule has 7 heteroatoms. The molecular formula is C14H18N2O4S. The van der Waals surface area contributed by atoms with Crippen molar-refractivity contribution in [2.45, 2.75) is 37.6 Å². The van der Waals surface area contributed by atoms with E-state index in [2.05, 4.69) is 0 Å². The zero-order valence-electron chi connectivity index (χ0n) is 12.2. The van der Waals surface area contributed by atoms with Gasteiger partial charge in [0.1, 0.15) is 0 Å². The predicted molar refractivity (Wildman–Crippen MR) is 77.1 cm³/mol. The highest BCUT2D eigenvalue weighted by Crippen LogP contribution is 2.25. The van der Waals surface area contributed by atoms with E-state index in [4.69, 9.17) is 10.4 Å². The normalized spacial score (nSPS) is 12.1. The van der Waals surface area contributed by atoms with Crippen molar-refractivity contribution in [1.29, 1.82) is 5.26 Å². The fraction of sp³-hybridized carbons (Fsp3) is 0.429. The van der Waals surface area contributed by atoms with Gasteiger partial charge in [0.05, 0.1) is 22.9 Å². The summed E-state index contributed by atoms with van der Waals surface area (Å²) in [5.74, 6) is -1.06. The Hall–Kier alpha value is -1.91. The number of aliphatic carboxylic acids is 1. The van der Waals surface area contributed by atoms with Crippen molar-refractivity contribution in [3.05, 3.63) is 29.8 Å². The molecule has 0 bridgehead atoms. The van der Waals surface area contributed by atoms with E-state index in [0.717, 1.165) is 4.31 Å². The Bertz CT molecular complexity index is 669. The first-order valence-corrected chi connectivity index (χ1v) is 7.78. The maximum absolute atomic E-state index is 12.7. The molecular weight excluding hydrogens is 292 g/mol. The Kier molecular flexibility index (Phi) is 5.10. The number of hydrogen-bond donors (Lipinski definition) is 1. The largest absolute Gasteiger partial charge is 0.481 e. The molecule has 1 rings (SSSR count). The summed E-state index contributed by atoms with van der Waals surface area (Å²) >= 11 is 0. The van der Waals surface area contributed by atoms with Gasteiger partial charge in [-0.3, -0.25) is 4.79 Å². The van der Waals surface area contributed by atoms with Crippen molar-refractivity contribution < 1.29 is 18.3 Å². The van der Waals surface area contributed by atoms with E-state index >= 15 is 0 Å². The summed E-state index contributed by atoms with van der Waals surface area (Å²) in [5.41, 5.74) is -0.528. The molecule has 21 heavy (non-hydrogen) atoms. The van der Waals surface area contributed by atoms with E-state index < -0.39 is 21.5 Å². The molecule has 0 aromatic heterocycles. The fourth-order valence-corrected chi connectivity index (χ4v) is 3.70. The van der Waals surface area contributed by atoms with Crippen LogP contribution in [0.4, 0.5) is 0 Å². The molecule has 0 fully saturated rings. The van der Waals surface area contributed by atoms with Gasteiger partial charge in [-0.1, -0.05) is 6.07 Å². The summed E-state index contributed by atoms with van der Waals surface area (Å²) < 4.78 is 26.5. The molecule has 1 aromatic carbocycles. The first-order valence-electron chi connectivity index (χ1n) is 6.34. The lowest BCUT2D eigenvalue weighted by atomic mass is 10.1. The Morgan fingerprint density at radius 2 is 2.00 bits per heavy atom. The molecule has 0 aliphatic heterocycles. The van der Waals surface area contributed by atoms with Crippen LogP contribution in [0.2, 0.25) is 0 Å². The van der Waals surface area contributed by atoms with Gasteiger partial charge in [0.15, 0.2) is 0 Å². The molecule has 0 aliphatic carbocycles. The van der Waals surface area contributed by atoms with E-state index in [-0.39, 0.29) is 23.4 Å². The van der Waals surface area contributed by atoms with Gasteiger partial charge in [-0.05, 0) is 39.0 Å². The molecule has 6 nitrogen and oxygen atoms in total. The van der Waals surface area contributed by atoms with Gasteiger partial charge in [0.25, 0.3) is 0 Å². The minimum absolute atomic E-state index is 0.0122. The topological polar surface area (TPSA) is 98.5 Å². The molecule has 0 saturated heterocycles. The Labute approximate surface area is 124 Å². The Morgan fingerprint density at radius 1 is 1.38 bits per heavy atom. The number of hydrogen-bond acceptors (Lipinski definition) is 4. The standard InChI is InChI=1S/C14H18N2O4S/c1-14(2,3)16(8-7-13(17)18)21(19,20)12-6-4-5-11(9-12)10-15/h4-6,9H,7-8H2,1-3H3,(H,17,18). The van der Waals surface area contributed by atoms with Crippen LogP contribution in [-0.2, 0) is 14.8 Å². The summed E-state index contributed by atoms with van der Waals surface area (Å²) in [5, 5.41) is 17.6. The van der Waals surface area contributed by atoms with Crippen molar-refractivity contribution in [3.8, 4) is 6.07 Å². The van der Waals surface area contributed by atoms with Crippen molar-refractivity contribution in [2.24, 2.45) is 0 Å². The fourth-order valence-electron chi connectivity index (χ4n) is 1.87. The van der Waals surface area contributed by atoms with Gasteiger partial charge in [-0.25, -0.2) is 8.42 Å². The second-order valence-electron chi connectivity index (χ2n) is 5.53. The number of benzene rings is 1. The molecule has 1 aromatic rings. The zero-order valence-corrected chi connectivity index (χ0v) is 13.0. The third-order valence-corrected chi connectivity index (χ3v) is 4.99. The molecule has 1 N–H and O–H groups in total. The van der Waals surface area contributed by atoms with E-state index in [1.165, 1.54) is 24.3 Å². The predicted octanol–water partition coefficient (Wildman–Crippen LogP) is 1.82. The first-order chi connectivity index (χ1) is 9.59. The third kappa shape index (κ3) is 4.28. The summed E-state index contributed by atoms with van der Waals surface area (Å²) in [4.78, 5) is 10.7. The molecule has 0 unspecified atom stereocenters. The van der Waals surface area contributed by atoms with Gasteiger partial charge < -0.3 is 5.11 Å². The van der Waals surface area contributed by atoms with Gasteiger partial charge in [0.2, 0.25) is 10.0 Å². The van der Waals surface area contributed by atoms with E-state index in [0.29, 0.717) is 0 Å². The summed E-state index contributed by atoms with van der Waals surface area (Å²) in [6, 6.07) is 7.58. The van der Waals surface area contributed by atoms with E-state index in [1.807, 2.05) is 6.07 Å². The van der Waals surface area contributed by atoms with Gasteiger partial charge in [-0.15, -0.1) is 0 Å². The summed E-state index contributed by atoms with van der Waals surface area (Å²) in [6.45, 7) is 4.96. The molecule has 0 spiro atoms. The molecule has 0 aliphatic rings. The van der Waals surface area contributed by atoms with Crippen molar-refractivity contribution >= 4 is 16.0 Å². The smallest absolute Gasteiger partial charge is 0.304 e. The monoisotopic (exact) mass is 310 g/mol. The number of carbonyl (C=O) groups is 1. The van der Waals surface area contributed by atoms with Crippen LogP contribution < -0.4 is 0 Å². The molecule has 0 saturated carbocycles. The van der Waals surface area contributed by atoms with Gasteiger partial charge in [0, 0.05) is 12.1 Å². The highest BCUT2D eigenvalue weighted by molar-refractivity contribution is 7.89. The molecule has 0 heterocycles. The number of sulfonamides is 1. The van der Waals surface area contributed by atoms with E-state index in [9.17, 15) is 13.2 Å². The SMILES string of the molecule is CC(C)(C)N(CCC(=O)O)S(=O)(=O)c1cccc(C#N)c1. The van der Waals surface area contributed by atoms with Crippen LogP contribution in [0, 0.1) is 11.3 Å². The van der Waals surface area contributed by atoms with Crippen molar-refractivity contribution in [1.82, 2.24) is 4.31 Å². The second-order valence-corrected chi connectivity index (χ2v) is 7.39. The highest BCUT2D eigenvalue weighted by atomic mass is 32.2. The first kappa shape index (κ1) is 17.1. The number of carboxylic acids is 1. The highest BCUT2D eigenvalue weighted by Gasteiger charge is 2.34. The van der Waals surface area contributed by atoms with Crippen LogP contribution in [0.1, 0.15) is 32.8 Å². The van der Waals surface area contributed by atoms with Crippen LogP contribution in [0.3, 0.4) is 0 Å². The molecule has 0 atom stereocenters. The lowest BCUT2D eigenvalue weighted by Gasteiger charge is -2.34. The number of rotatable bonds is 5. The van der Waals surface area contributed by atoms with Crippen LogP contribution in [0.15, 0.2) is 29.2 Å². The van der Waals surface area contributed by atoms with Crippen LogP contribution in [0.5, 0.6) is 0 Å². The minimum atomic E-state index is -3.87. The molecule has 0 amide bonds. The quantitative estimate of drug-likeness (QED) is 0.894. The summed E-state index contributed by atoms with van der Waals surface area (Å²) in [6.07, 6.45) is -0.283. The van der Waals surface area contributed by atoms with Crippen molar-refractivity contribution in [2.75, 3.05) is 6.54 Å². The number of nitriles is 1. The van der Waals surface area contributed by atoms with Crippen LogP contribution >= 0.6 is 0 Å². The summed E-state index contributed by atoms with van der Waals surface area (Å²) in [7, 11) is -3.87. The number of carboxylic acid groups (broad SMARTS) is 1. The molecule has 0 radical (unpaired) electrons. The second kappa shape index (κ2) is 6.24. The average Bonchev–Trinajstić information content (AvgIpc) is 2.36. The Morgan fingerprint density at radius 3 is 2.48 bits per heavy atom. The van der Waals surface area contributed by atoms with Crippen LogP contribution in [0.25, 0.3) is 0 Å². The van der Waals surface area contributed by atoms with Gasteiger partial charge in [-0.2, -0.15) is 9.57 Å². The van der Waals surface area contributed by atoms with Crippen molar-refractivity contribution in [3.63, 3.8) is 0 Å². The maximum atomic E-state index is 12.7. The Balaban J connectivity index is 3.27. The average molecular weight is 310 g/mol. The van der Waals surface area contributed by atoms with Gasteiger partial charge >= 0.3 is 5.97 Å². The lowest BCUT2D eigenvalue weighted by molar-refractivity contribution is -0.137. The zero-order chi connectivity index (χ0) is 16.3. The maximum Gasteiger partial charge on any atom is 0.304 e. The third-order valence-electron chi connectivity index (χ3n) is 2.83. The van der Waals surface area contributed by atoms with Crippen LogP contribution in [-0.4, -0.2) is 35.9 Å². The van der Waals surface area contributed by atoms with E-state index in [1.54, 1.807) is 20.8 Å². The molecule has 114 valence electrons. The minimum Gasteiger partial charge on any atom is -0.481 e.